The van der Waals surface area contributed by atoms with Gasteiger partial charge in [0, 0.05) is 35.0 Å². The topological polar surface area (TPSA) is 68.3 Å². The highest BCUT2D eigenvalue weighted by molar-refractivity contribution is 7.13. The van der Waals surface area contributed by atoms with E-state index in [1.807, 2.05) is 41.8 Å². The quantitative estimate of drug-likeness (QED) is 0.312. The highest BCUT2D eigenvalue weighted by Crippen LogP contribution is 2.31. The van der Waals surface area contributed by atoms with Crippen LogP contribution in [-0.4, -0.2) is 23.8 Å². The summed E-state index contributed by atoms with van der Waals surface area (Å²) in [6.45, 7) is 2.08. The minimum atomic E-state index is -0.207. The first kappa shape index (κ1) is 22.4. The average Bonchev–Trinajstić information content (AvgIpc) is 3.33. The molecular formula is C27H24N2O3S. The predicted molar refractivity (Wildman–Crippen MR) is 133 cm³/mol. The van der Waals surface area contributed by atoms with E-state index in [0.717, 1.165) is 21.8 Å². The Morgan fingerprint density at radius 2 is 1.67 bits per heavy atom. The number of nitrogens with one attached hydrogen (secondary N) is 1. The first-order valence-electron chi connectivity index (χ1n) is 10.6. The number of ketones is 1. The second kappa shape index (κ2) is 10.2. The number of rotatable bonds is 8. The monoisotopic (exact) mass is 456 g/mol. The molecular weight excluding hydrogens is 432 g/mol. The maximum absolute atomic E-state index is 12.4. The van der Waals surface area contributed by atoms with Crippen LogP contribution in [0.15, 0.2) is 78.2 Å². The Morgan fingerprint density at radius 3 is 2.42 bits per heavy atom. The molecule has 0 unspecified atom stereocenters. The molecule has 0 bridgehead atoms. The van der Waals surface area contributed by atoms with E-state index in [0.29, 0.717) is 17.0 Å². The van der Waals surface area contributed by atoms with Gasteiger partial charge in [0.05, 0.1) is 18.4 Å². The highest BCUT2D eigenvalue weighted by Gasteiger charge is 2.14. The van der Waals surface area contributed by atoms with Gasteiger partial charge < -0.3 is 10.1 Å². The molecule has 0 aliphatic heterocycles. The zero-order valence-corrected chi connectivity index (χ0v) is 19.3. The predicted octanol–water partition coefficient (Wildman–Crippen LogP) is 6.40. The van der Waals surface area contributed by atoms with Crippen LogP contribution < -0.4 is 10.1 Å². The molecule has 0 aliphatic rings. The summed E-state index contributed by atoms with van der Waals surface area (Å²) in [4.78, 5) is 29.6. The van der Waals surface area contributed by atoms with E-state index in [-0.39, 0.29) is 24.5 Å². The van der Waals surface area contributed by atoms with Crippen LogP contribution in [-0.2, 0) is 4.79 Å². The van der Waals surface area contributed by atoms with E-state index in [1.165, 1.54) is 12.7 Å². The minimum Gasteiger partial charge on any atom is -0.496 e. The summed E-state index contributed by atoms with van der Waals surface area (Å²) in [5.41, 5.74) is 5.39. The lowest BCUT2D eigenvalue weighted by molar-refractivity contribution is -0.116. The van der Waals surface area contributed by atoms with Crippen molar-refractivity contribution < 1.29 is 14.3 Å². The number of para-hydroxylation sites is 1. The van der Waals surface area contributed by atoms with E-state index in [9.17, 15) is 9.59 Å². The van der Waals surface area contributed by atoms with Crippen molar-refractivity contribution in [2.24, 2.45) is 0 Å². The standard InChI is InChI=1S/C27H24N2O3S/c1-18-7-3-4-8-21(18)27-29-23(17-33-27)19-11-13-20(14-12-19)28-26(31)16-15-24(30)22-9-5-6-10-25(22)32-2/h3-14,17H,15-16H2,1-2H3,(H,28,31). The first-order valence-corrected chi connectivity index (χ1v) is 11.5. The van der Waals surface area contributed by atoms with E-state index in [1.54, 1.807) is 35.6 Å². The molecule has 0 radical (unpaired) electrons. The third kappa shape index (κ3) is 5.35. The molecule has 1 aromatic heterocycles. The third-order valence-electron chi connectivity index (χ3n) is 5.33. The van der Waals surface area contributed by atoms with Crippen molar-refractivity contribution in [1.82, 2.24) is 4.98 Å². The number of carbonyl (C=O) groups is 2. The largest absolute Gasteiger partial charge is 0.496 e. The van der Waals surface area contributed by atoms with Crippen LogP contribution in [0.1, 0.15) is 28.8 Å². The number of methoxy groups -OCH3 is 1. The van der Waals surface area contributed by atoms with Crippen LogP contribution in [0, 0.1) is 6.92 Å². The lowest BCUT2D eigenvalue weighted by Crippen LogP contribution is -2.13. The zero-order chi connectivity index (χ0) is 23.2. The average molecular weight is 457 g/mol. The summed E-state index contributed by atoms with van der Waals surface area (Å²) in [7, 11) is 1.53. The van der Waals surface area contributed by atoms with Gasteiger partial charge in [-0.3, -0.25) is 9.59 Å². The van der Waals surface area contributed by atoms with Gasteiger partial charge in [-0.2, -0.15) is 0 Å². The minimum absolute atomic E-state index is 0.102. The molecule has 0 fully saturated rings. The van der Waals surface area contributed by atoms with Gasteiger partial charge in [-0.05, 0) is 36.8 Å². The molecule has 0 spiro atoms. The summed E-state index contributed by atoms with van der Waals surface area (Å²) in [6, 6.07) is 22.8. The molecule has 4 rings (SSSR count). The fourth-order valence-electron chi connectivity index (χ4n) is 3.53. The van der Waals surface area contributed by atoms with E-state index in [2.05, 4.69) is 24.4 Å². The van der Waals surface area contributed by atoms with Gasteiger partial charge in [-0.25, -0.2) is 4.98 Å². The number of hydrogen-bond donors (Lipinski definition) is 1. The summed E-state index contributed by atoms with van der Waals surface area (Å²) in [6.07, 6.45) is 0.218. The number of hydrogen-bond acceptors (Lipinski definition) is 5. The SMILES string of the molecule is COc1ccccc1C(=O)CCC(=O)Nc1ccc(-c2csc(-c3ccccc3C)n2)cc1. The van der Waals surface area contributed by atoms with Crippen LogP contribution in [0.4, 0.5) is 5.69 Å². The maximum atomic E-state index is 12.4. The van der Waals surface area contributed by atoms with Gasteiger partial charge in [0.15, 0.2) is 5.78 Å². The number of aryl methyl sites for hydroxylation is 1. The molecule has 33 heavy (non-hydrogen) atoms. The summed E-state index contributed by atoms with van der Waals surface area (Å²) < 4.78 is 5.22. The van der Waals surface area contributed by atoms with E-state index >= 15 is 0 Å². The van der Waals surface area contributed by atoms with Crippen molar-refractivity contribution >= 4 is 28.7 Å². The second-order valence-electron chi connectivity index (χ2n) is 7.60. The molecule has 1 amide bonds. The Morgan fingerprint density at radius 1 is 0.939 bits per heavy atom. The Bertz CT molecular complexity index is 1280. The van der Waals surface area contributed by atoms with Gasteiger partial charge >= 0.3 is 0 Å². The lowest BCUT2D eigenvalue weighted by Gasteiger charge is -2.08. The fraction of sp³-hybridized carbons (Fsp3) is 0.148. The molecule has 0 saturated carbocycles. The van der Waals surface area contributed by atoms with Gasteiger partial charge in [-0.1, -0.05) is 48.5 Å². The molecule has 0 saturated heterocycles. The number of thiazole rings is 1. The smallest absolute Gasteiger partial charge is 0.224 e. The number of amides is 1. The second-order valence-corrected chi connectivity index (χ2v) is 8.46. The summed E-state index contributed by atoms with van der Waals surface area (Å²) in [5.74, 6) is 0.193. The van der Waals surface area contributed by atoms with Crippen LogP contribution in [0.2, 0.25) is 0 Å². The van der Waals surface area contributed by atoms with Crippen LogP contribution in [0.25, 0.3) is 21.8 Å². The lowest BCUT2D eigenvalue weighted by atomic mass is 10.1. The molecule has 5 nitrogen and oxygen atoms in total. The van der Waals surface area contributed by atoms with E-state index < -0.39 is 0 Å². The number of nitrogens with zero attached hydrogens (tertiary/aromatic N) is 1. The van der Waals surface area contributed by atoms with Crippen LogP contribution in [0.5, 0.6) is 5.75 Å². The molecule has 1 N–H and O–H groups in total. The summed E-state index contributed by atoms with van der Waals surface area (Å²) >= 11 is 1.61. The molecule has 4 aromatic rings. The van der Waals surface area contributed by atoms with Crippen molar-refractivity contribution in [3.8, 4) is 27.6 Å². The van der Waals surface area contributed by atoms with Gasteiger partial charge in [0.2, 0.25) is 5.91 Å². The summed E-state index contributed by atoms with van der Waals surface area (Å²) in [5, 5.41) is 5.88. The molecule has 0 atom stereocenters. The number of Topliss-reactive ketones (excluding diaryl/α,β-unsaturated/α-hetero) is 1. The number of aromatic nitrogens is 1. The Hall–Kier alpha value is -3.77. The van der Waals surface area contributed by atoms with Crippen molar-refractivity contribution in [2.75, 3.05) is 12.4 Å². The van der Waals surface area contributed by atoms with Crippen molar-refractivity contribution in [2.45, 2.75) is 19.8 Å². The Balaban J connectivity index is 1.36. The number of carbonyl (C=O) groups excluding carboxylic acids is 2. The van der Waals surface area contributed by atoms with Crippen LogP contribution >= 0.6 is 11.3 Å². The van der Waals surface area contributed by atoms with Gasteiger partial charge in [0.1, 0.15) is 10.8 Å². The Labute approximate surface area is 197 Å². The highest BCUT2D eigenvalue weighted by atomic mass is 32.1. The number of ether oxygens (including phenoxy) is 1. The van der Waals surface area contributed by atoms with Crippen molar-refractivity contribution in [3.63, 3.8) is 0 Å². The maximum Gasteiger partial charge on any atom is 0.224 e. The number of anilines is 1. The van der Waals surface area contributed by atoms with E-state index in [4.69, 9.17) is 9.72 Å². The van der Waals surface area contributed by atoms with Crippen molar-refractivity contribution in [3.05, 3.63) is 89.3 Å². The molecule has 166 valence electrons. The van der Waals surface area contributed by atoms with Crippen LogP contribution in [0.3, 0.4) is 0 Å². The first-order chi connectivity index (χ1) is 16.0. The normalized spacial score (nSPS) is 10.6. The fourth-order valence-corrected chi connectivity index (χ4v) is 4.45. The van der Waals surface area contributed by atoms with Gasteiger partial charge in [0.25, 0.3) is 0 Å². The molecule has 0 aliphatic carbocycles. The molecule has 6 heteroatoms. The number of benzene rings is 3. The Kier molecular flexibility index (Phi) is 6.95. The van der Waals surface area contributed by atoms with Crippen molar-refractivity contribution in [1.29, 1.82) is 0 Å². The third-order valence-corrected chi connectivity index (χ3v) is 6.21. The van der Waals surface area contributed by atoms with Gasteiger partial charge in [-0.15, -0.1) is 11.3 Å². The molecule has 3 aromatic carbocycles. The molecule has 1 heterocycles. The zero-order valence-electron chi connectivity index (χ0n) is 18.5.